The van der Waals surface area contributed by atoms with Crippen molar-refractivity contribution in [2.24, 2.45) is 0 Å². The Morgan fingerprint density at radius 3 is 2.94 bits per heavy atom. The highest BCUT2D eigenvalue weighted by Crippen LogP contribution is 2.19. The topological polar surface area (TPSA) is 47.9 Å². The van der Waals surface area contributed by atoms with Gasteiger partial charge in [-0.15, -0.1) is 0 Å². The second-order valence-corrected chi connectivity index (χ2v) is 3.24. The van der Waals surface area contributed by atoms with Crippen LogP contribution in [-0.2, 0) is 0 Å². The second kappa shape index (κ2) is 4.52. The van der Waals surface area contributed by atoms with Gasteiger partial charge in [0.2, 0.25) is 5.88 Å². The Morgan fingerprint density at radius 2 is 2.19 bits per heavy atom. The van der Waals surface area contributed by atoms with Crippen molar-refractivity contribution < 1.29 is 13.5 Å². The molecule has 84 valence electrons. The molecule has 2 rings (SSSR count). The molecule has 2 aromatic heterocycles. The smallest absolute Gasteiger partial charge is 0.272 e. The molecule has 0 aliphatic rings. The number of hydrogen-bond donors (Lipinski definition) is 0. The quantitative estimate of drug-likeness (QED) is 0.779. The predicted molar refractivity (Wildman–Crippen MR) is 53.8 cm³/mol. The van der Waals surface area contributed by atoms with Gasteiger partial charge in [-0.3, -0.25) is 0 Å². The first-order valence-corrected chi connectivity index (χ1v) is 4.73. The van der Waals surface area contributed by atoms with Crippen molar-refractivity contribution in [3.05, 3.63) is 23.6 Å². The van der Waals surface area contributed by atoms with Crippen molar-refractivity contribution in [2.45, 2.75) is 6.43 Å². The molecule has 0 saturated heterocycles. The molecular weight excluding hydrogens is 240 g/mol. The van der Waals surface area contributed by atoms with Crippen LogP contribution in [0.2, 0.25) is 5.15 Å². The van der Waals surface area contributed by atoms with Gasteiger partial charge in [0, 0.05) is 6.20 Å². The molecule has 2 heterocycles. The van der Waals surface area contributed by atoms with Gasteiger partial charge >= 0.3 is 0 Å². The summed E-state index contributed by atoms with van der Waals surface area (Å²) < 4.78 is 28.5. The summed E-state index contributed by atoms with van der Waals surface area (Å²) in [6, 6.07) is 1.57. The van der Waals surface area contributed by atoms with E-state index in [0.29, 0.717) is 11.0 Å². The van der Waals surface area contributed by atoms with Crippen LogP contribution >= 0.6 is 11.6 Å². The van der Waals surface area contributed by atoms with Crippen molar-refractivity contribution >= 4 is 22.6 Å². The fraction of sp³-hybridized carbons (Fsp3) is 0.222. The van der Waals surface area contributed by atoms with Crippen LogP contribution in [0.1, 0.15) is 0 Å². The van der Waals surface area contributed by atoms with Gasteiger partial charge in [-0.2, -0.15) is 0 Å². The number of hydrogen-bond acceptors (Lipinski definition) is 4. The van der Waals surface area contributed by atoms with Crippen LogP contribution in [0.25, 0.3) is 11.0 Å². The van der Waals surface area contributed by atoms with E-state index in [4.69, 9.17) is 16.3 Å². The Bertz CT molecular complexity index is 509. The summed E-state index contributed by atoms with van der Waals surface area (Å²) in [5.74, 6) is 0.0371. The average Bonchev–Trinajstić information content (AvgIpc) is 2.26. The van der Waals surface area contributed by atoms with E-state index in [1.165, 1.54) is 12.4 Å². The van der Waals surface area contributed by atoms with E-state index in [1.54, 1.807) is 6.07 Å². The van der Waals surface area contributed by atoms with Crippen molar-refractivity contribution in [1.29, 1.82) is 0 Å². The Balaban J connectivity index is 2.30. The number of nitrogens with zero attached hydrogens (tertiary/aromatic N) is 3. The number of aromatic nitrogens is 3. The van der Waals surface area contributed by atoms with Crippen LogP contribution in [0.5, 0.6) is 5.88 Å². The minimum absolute atomic E-state index is 0.0371. The van der Waals surface area contributed by atoms with Gasteiger partial charge in [-0.25, -0.2) is 23.7 Å². The lowest BCUT2D eigenvalue weighted by molar-refractivity contribution is 0.0796. The third-order valence-electron chi connectivity index (χ3n) is 1.75. The SMILES string of the molecule is FC(F)COc1cnc2c(Cl)nccc2n1. The summed E-state index contributed by atoms with van der Waals surface area (Å²) in [4.78, 5) is 11.7. The number of fused-ring (bicyclic) bond motifs is 1. The predicted octanol–water partition coefficient (Wildman–Crippen LogP) is 2.32. The van der Waals surface area contributed by atoms with Crippen molar-refractivity contribution in [3.63, 3.8) is 0 Å². The van der Waals surface area contributed by atoms with Gasteiger partial charge in [0.25, 0.3) is 6.43 Å². The third-order valence-corrected chi connectivity index (χ3v) is 2.03. The lowest BCUT2D eigenvalue weighted by Gasteiger charge is -2.04. The Morgan fingerprint density at radius 1 is 1.38 bits per heavy atom. The zero-order valence-electron chi connectivity index (χ0n) is 7.90. The maximum atomic E-state index is 11.9. The molecule has 0 N–H and O–H groups in total. The molecule has 4 nitrogen and oxygen atoms in total. The molecular formula is C9H6ClF2N3O. The van der Waals surface area contributed by atoms with Crippen molar-refractivity contribution in [2.75, 3.05) is 6.61 Å². The molecule has 0 amide bonds. The first-order valence-electron chi connectivity index (χ1n) is 4.35. The molecule has 0 spiro atoms. The van der Waals surface area contributed by atoms with Crippen LogP contribution in [0.15, 0.2) is 18.5 Å². The summed E-state index contributed by atoms with van der Waals surface area (Å²) in [5.41, 5.74) is 0.861. The lowest BCUT2D eigenvalue weighted by atomic mass is 10.4. The minimum atomic E-state index is -2.54. The number of rotatable bonds is 3. The monoisotopic (exact) mass is 245 g/mol. The first kappa shape index (κ1) is 10.9. The fourth-order valence-corrected chi connectivity index (χ4v) is 1.32. The van der Waals surface area contributed by atoms with Crippen LogP contribution in [0.3, 0.4) is 0 Å². The maximum Gasteiger partial charge on any atom is 0.272 e. The average molecular weight is 246 g/mol. The Kier molecular flexibility index (Phi) is 3.09. The van der Waals surface area contributed by atoms with Crippen LogP contribution < -0.4 is 4.74 Å². The summed E-state index contributed by atoms with van der Waals surface area (Å²) in [7, 11) is 0. The summed E-state index contributed by atoms with van der Waals surface area (Å²) >= 11 is 5.76. The third kappa shape index (κ3) is 2.33. The Hall–Kier alpha value is -1.56. The van der Waals surface area contributed by atoms with Gasteiger partial charge < -0.3 is 4.74 Å². The molecule has 7 heteroatoms. The van der Waals surface area contributed by atoms with Gasteiger partial charge in [0.05, 0.1) is 11.7 Å². The minimum Gasteiger partial charge on any atom is -0.470 e. The van der Waals surface area contributed by atoms with E-state index < -0.39 is 13.0 Å². The number of alkyl halides is 2. The maximum absolute atomic E-state index is 11.9. The fourth-order valence-electron chi connectivity index (χ4n) is 1.11. The van der Waals surface area contributed by atoms with Crippen LogP contribution in [0.4, 0.5) is 8.78 Å². The molecule has 0 aromatic carbocycles. The standard InChI is InChI=1S/C9H6ClF2N3O/c10-9-8-5(1-2-13-9)15-7(3-14-8)16-4-6(11)12/h1-3,6H,4H2. The number of halogens is 3. The lowest BCUT2D eigenvalue weighted by Crippen LogP contribution is -2.08. The van der Waals surface area contributed by atoms with Gasteiger partial charge in [-0.1, -0.05) is 11.6 Å². The van der Waals surface area contributed by atoms with Gasteiger partial charge in [-0.05, 0) is 6.07 Å². The molecule has 0 fully saturated rings. The van der Waals surface area contributed by atoms with Crippen molar-refractivity contribution in [3.8, 4) is 5.88 Å². The highest BCUT2D eigenvalue weighted by atomic mass is 35.5. The van der Waals surface area contributed by atoms with Crippen LogP contribution in [-0.4, -0.2) is 28.0 Å². The van der Waals surface area contributed by atoms with E-state index in [-0.39, 0.29) is 11.0 Å². The van der Waals surface area contributed by atoms with E-state index in [1.807, 2.05) is 0 Å². The number of pyridine rings is 1. The van der Waals surface area contributed by atoms with Crippen molar-refractivity contribution in [1.82, 2.24) is 15.0 Å². The summed E-state index contributed by atoms with van der Waals surface area (Å²) in [6.07, 6.45) is 0.146. The normalized spacial score (nSPS) is 11.0. The largest absolute Gasteiger partial charge is 0.470 e. The van der Waals surface area contributed by atoms with Gasteiger partial charge in [0.1, 0.15) is 5.52 Å². The Labute approximate surface area is 94.2 Å². The van der Waals surface area contributed by atoms with Gasteiger partial charge in [0.15, 0.2) is 11.8 Å². The summed E-state index contributed by atoms with van der Waals surface area (Å²) in [6.45, 7) is -0.709. The molecule has 0 bridgehead atoms. The second-order valence-electron chi connectivity index (χ2n) is 2.88. The molecule has 0 radical (unpaired) electrons. The number of ether oxygens (including phenoxy) is 1. The highest BCUT2D eigenvalue weighted by molar-refractivity contribution is 6.33. The molecule has 16 heavy (non-hydrogen) atoms. The molecule has 0 unspecified atom stereocenters. The van der Waals surface area contributed by atoms with E-state index in [0.717, 1.165) is 0 Å². The molecule has 0 aliphatic carbocycles. The highest BCUT2D eigenvalue weighted by Gasteiger charge is 2.07. The first-order chi connectivity index (χ1) is 7.66. The van der Waals surface area contributed by atoms with E-state index in [9.17, 15) is 8.78 Å². The zero-order chi connectivity index (χ0) is 11.5. The molecule has 0 aliphatic heterocycles. The van der Waals surface area contributed by atoms with Crippen LogP contribution in [0, 0.1) is 0 Å². The summed E-state index contributed by atoms with van der Waals surface area (Å²) in [5, 5.41) is 0.213. The zero-order valence-corrected chi connectivity index (χ0v) is 8.66. The van der Waals surface area contributed by atoms with E-state index in [2.05, 4.69) is 15.0 Å². The molecule has 0 atom stereocenters. The molecule has 0 saturated carbocycles. The molecule has 2 aromatic rings. The van der Waals surface area contributed by atoms with E-state index >= 15 is 0 Å².